The van der Waals surface area contributed by atoms with Crippen molar-refractivity contribution < 1.29 is 13.7 Å². The summed E-state index contributed by atoms with van der Waals surface area (Å²) in [4.78, 5) is 0. The van der Waals surface area contributed by atoms with E-state index < -0.39 is 24.1 Å². The summed E-state index contributed by atoms with van der Waals surface area (Å²) in [6, 6.07) is 4.62. The van der Waals surface area contributed by atoms with Crippen LogP contribution >= 0.6 is 0 Å². The first-order valence-electron chi connectivity index (χ1n) is 6.69. The highest BCUT2D eigenvalue weighted by Crippen LogP contribution is 2.36. The summed E-state index contributed by atoms with van der Waals surface area (Å²) < 4.78 is 25.8. The molecule has 0 spiro atoms. The maximum atomic E-state index is 13.9. The number of benzene rings is 1. The molecule has 2 heterocycles. The van der Waals surface area contributed by atoms with Gasteiger partial charge in [0.2, 0.25) is 5.82 Å². The molecule has 1 aliphatic heterocycles. The van der Waals surface area contributed by atoms with Crippen LogP contribution in [0.3, 0.4) is 0 Å². The van der Waals surface area contributed by atoms with Gasteiger partial charge in [-0.3, -0.25) is 0 Å². The Morgan fingerprint density at radius 2 is 1.81 bits per heavy atom. The highest BCUT2D eigenvalue weighted by molar-refractivity contribution is 6.62. The van der Waals surface area contributed by atoms with Gasteiger partial charge in [-0.1, -0.05) is 6.07 Å². The van der Waals surface area contributed by atoms with Crippen molar-refractivity contribution in [2.75, 3.05) is 0 Å². The zero-order valence-electron chi connectivity index (χ0n) is 12.3. The highest BCUT2D eigenvalue weighted by atomic mass is 19.1. The number of nitrogens with one attached hydrogen (secondary N) is 1. The highest BCUT2D eigenvalue weighted by Gasteiger charge is 2.51. The predicted molar refractivity (Wildman–Crippen MR) is 75.3 cm³/mol. The van der Waals surface area contributed by atoms with Crippen LogP contribution in [0.2, 0.25) is 0 Å². The van der Waals surface area contributed by atoms with Gasteiger partial charge in [0.25, 0.3) is 0 Å². The molecule has 0 bridgehead atoms. The first kappa shape index (κ1) is 14.2. The van der Waals surface area contributed by atoms with Gasteiger partial charge in [-0.25, -0.2) is 4.39 Å². The molecule has 0 aliphatic carbocycles. The smallest absolute Gasteiger partial charge is 0.399 e. The summed E-state index contributed by atoms with van der Waals surface area (Å²) in [7, 11) is -0.554. The molecule has 1 aliphatic rings. The molecule has 1 aromatic heterocycles. The topological polar surface area (TPSA) is 72.9 Å². The number of nitrogens with zero attached hydrogens (tertiary/aromatic N) is 3. The van der Waals surface area contributed by atoms with Crippen molar-refractivity contribution in [3.8, 4) is 11.4 Å². The molecule has 0 unspecified atom stereocenters. The van der Waals surface area contributed by atoms with Crippen molar-refractivity contribution in [3.63, 3.8) is 0 Å². The van der Waals surface area contributed by atoms with Crippen LogP contribution in [0.15, 0.2) is 18.2 Å². The van der Waals surface area contributed by atoms with Gasteiger partial charge in [-0.05, 0) is 50.5 Å². The first-order chi connectivity index (χ1) is 9.80. The van der Waals surface area contributed by atoms with Crippen LogP contribution < -0.4 is 5.46 Å². The molecule has 6 nitrogen and oxygen atoms in total. The fraction of sp³-hybridized carbons (Fsp3) is 0.462. The second-order valence-corrected chi connectivity index (χ2v) is 6.06. The minimum Gasteiger partial charge on any atom is -0.399 e. The van der Waals surface area contributed by atoms with Gasteiger partial charge in [-0.2, -0.15) is 5.21 Å². The Labute approximate surface area is 122 Å². The number of H-pyrrole nitrogens is 1. The van der Waals surface area contributed by atoms with Crippen molar-refractivity contribution >= 4 is 12.6 Å². The number of hydrogen-bond donors (Lipinski definition) is 1. The summed E-state index contributed by atoms with van der Waals surface area (Å²) in [5.74, 6) is -0.220. The van der Waals surface area contributed by atoms with Crippen LogP contribution in [0.25, 0.3) is 11.4 Å². The molecule has 110 valence electrons. The van der Waals surface area contributed by atoms with E-state index in [1.54, 1.807) is 12.1 Å². The average Bonchev–Trinajstić information content (AvgIpc) is 2.97. The Morgan fingerprint density at radius 3 is 2.38 bits per heavy atom. The van der Waals surface area contributed by atoms with E-state index in [0.29, 0.717) is 0 Å². The molecule has 1 saturated heterocycles. The van der Waals surface area contributed by atoms with Gasteiger partial charge in [0.15, 0.2) is 0 Å². The molecule has 1 N–H and O–H groups in total. The second kappa shape index (κ2) is 4.61. The van der Waals surface area contributed by atoms with E-state index in [4.69, 9.17) is 9.31 Å². The van der Waals surface area contributed by atoms with Gasteiger partial charge in [0.1, 0.15) is 5.82 Å². The number of hydrogen-bond acceptors (Lipinski definition) is 5. The van der Waals surface area contributed by atoms with E-state index in [2.05, 4.69) is 20.6 Å². The molecule has 0 saturated carbocycles. The van der Waals surface area contributed by atoms with Crippen LogP contribution in [0, 0.1) is 5.82 Å². The lowest BCUT2D eigenvalue weighted by Crippen LogP contribution is -2.41. The molecule has 2 aromatic rings. The van der Waals surface area contributed by atoms with Gasteiger partial charge in [0, 0.05) is 0 Å². The average molecular weight is 290 g/mol. The molecule has 21 heavy (non-hydrogen) atoms. The number of halogens is 1. The zero-order chi connectivity index (χ0) is 15.3. The quantitative estimate of drug-likeness (QED) is 0.844. The van der Waals surface area contributed by atoms with Crippen LogP contribution in [0.4, 0.5) is 4.39 Å². The summed E-state index contributed by atoms with van der Waals surface area (Å²) in [5, 5.41) is 13.4. The number of aromatic amines is 1. The Morgan fingerprint density at radius 1 is 1.14 bits per heavy atom. The van der Waals surface area contributed by atoms with Crippen LogP contribution in [0.1, 0.15) is 27.7 Å². The lowest BCUT2D eigenvalue weighted by molar-refractivity contribution is 0.00578. The zero-order valence-corrected chi connectivity index (χ0v) is 12.3. The normalized spacial score (nSPS) is 20.0. The summed E-state index contributed by atoms with van der Waals surface area (Å²) in [6.45, 7) is 7.88. The molecule has 8 heteroatoms. The second-order valence-electron chi connectivity index (χ2n) is 6.06. The van der Waals surface area contributed by atoms with Gasteiger partial charge in [0.05, 0.1) is 16.8 Å². The monoisotopic (exact) mass is 290 g/mol. The fourth-order valence-electron chi connectivity index (χ4n) is 2.12. The van der Waals surface area contributed by atoms with Crippen molar-refractivity contribution in [1.82, 2.24) is 20.6 Å². The predicted octanol–water partition coefficient (Wildman–Crippen LogP) is 1.30. The molecule has 0 atom stereocenters. The van der Waals surface area contributed by atoms with Gasteiger partial charge >= 0.3 is 7.12 Å². The van der Waals surface area contributed by atoms with Crippen LogP contribution in [0.5, 0.6) is 0 Å². The maximum Gasteiger partial charge on any atom is 0.494 e. The fourth-order valence-corrected chi connectivity index (χ4v) is 2.12. The summed E-state index contributed by atoms with van der Waals surface area (Å²) in [6.07, 6.45) is 0. The van der Waals surface area contributed by atoms with Crippen LogP contribution in [-0.4, -0.2) is 38.9 Å². The molecule has 1 aromatic carbocycles. The third-order valence-corrected chi connectivity index (χ3v) is 4.10. The summed E-state index contributed by atoms with van der Waals surface area (Å²) in [5.41, 5.74) is 0.0855. The van der Waals surface area contributed by atoms with E-state index in [9.17, 15) is 4.39 Å². The molecule has 0 radical (unpaired) electrons. The third kappa shape index (κ3) is 2.34. The van der Waals surface area contributed by atoms with Gasteiger partial charge in [-0.15, -0.1) is 10.2 Å². The van der Waals surface area contributed by atoms with E-state index in [1.165, 1.54) is 6.07 Å². The Balaban J connectivity index is 1.97. The Bertz CT molecular complexity index is 644. The van der Waals surface area contributed by atoms with E-state index in [-0.39, 0.29) is 11.4 Å². The Hall–Kier alpha value is -1.80. The third-order valence-electron chi connectivity index (χ3n) is 4.10. The van der Waals surface area contributed by atoms with Crippen molar-refractivity contribution in [2.45, 2.75) is 38.9 Å². The number of rotatable bonds is 2. The molecule has 3 rings (SSSR count). The van der Waals surface area contributed by atoms with Crippen molar-refractivity contribution in [1.29, 1.82) is 0 Å². The van der Waals surface area contributed by atoms with Gasteiger partial charge < -0.3 is 9.31 Å². The van der Waals surface area contributed by atoms with E-state index in [1.807, 2.05) is 27.7 Å². The summed E-state index contributed by atoms with van der Waals surface area (Å²) >= 11 is 0. The lowest BCUT2D eigenvalue weighted by Gasteiger charge is -2.32. The molecular weight excluding hydrogens is 274 g/mol. The van der Waals surface area contributed by atoms with Crippen molar-refractivity contribution in [2.24, 2.45) is 0 Å². The number of aromatic nitrogens is 4. The molecule has 0 amide bonds. The Kier molecular flexibility index (Phi) is 3.10. The minimum atomic E-state index is -0.554. The van der Waals surface area contributed by atoms with E-state index in [0.717, 1.165) is 5.46 Å². The van der Waals surface area contributed by atoms with Crippen molar-refractivity contribution in [3.05, 3.63) is 24.0 Å². The van der Waals surface area contributed by atoms with E-state index >= 15 is 0 Å². The standard InChI is InChI=1S/C13H16BFN4O2/c1-12(2)13(3,4)21-14(20-12)8-5-6-10(15)9(7-8)11-16-18-19-17-11/h5-7H,1-4H3,(H,16,17,18,19). The largest absolute Gasteiger partial charge is 0.494 e. The maximum absolute atomic E-state index is 13.9. The minimum absolute atomic E-state index is 0.200. The lowest BCUT2D eigenvalue weighted by atomic mass is 9.78. The van der Waals surface area contributed by atoms with Crippen LogP contribution in [-0.2, 0) is 9.31 Å². The molecular formula is C13H16BFN4O2. The first-order valence-corrected chi connectivity index (χ1v) is 6.69. The number of tetrazole rings is 1. The molecule has 1 fully saturated rings. The SMILES string of the molecule is CC1(C)OB(c2ccc(F)c(-c3nn[nH]n3)c2)OC1(C)C.